The van der Waals surface area contributed by atoms with E-state index in [-0.39, 0.29) is 48.5 Å². The summed E-state index contributed by atoms with van der Waals surface area (Å²) in [7, 11) is -3.87. The largest absolute Gasteiger partial charge is 0.460 e. The van der Waals surface area contributed by atoms with Crippen LogP contribution >= 0.6 is 7.94 Å². The van der Waals surface area contributed by atoms with Crippen molar-refractivity contribution in [2.45, 2.75) is 27.2 Å². The van der Waals surface area contributed by atoms with Crippen molar-refractivity contribution < 1.29 is 33.1 Å². The van der Waals surface area contributed by atoms with E-state index in [1.54, 1.807) is 19.9 Å². The second-order valence-electron chi connectivity index (χ2n) is 7.63. The Kier molecular flexibility index (Phi) is 11.3. The molecule has 0 radical (unpaired) electrons. The molecular formula is C25H32N2O8P+. The van der Waals surface area contributed by atoms with Gasteiger partial charge in [-0.3, -0.25) is 15.1 Å². The zero-order valence-electron chi connectivity index (χ0n) is 20.8. The highest BCUT2D eigenvalue weighted by molar-refractivity contribution is 7.69. The monoisotopic (exact) mass is 519 g/mol. The minimum absolute atomic E-state index is 0.00476. The molecule has 0 spiro atoms. The van der Waals surface area contributed by atoms with Crippen LogP contribution in [0.3, 0.4) is 0 Å². The summed E-state index contributed by atoms with van der Waals surface area (Å²) in [5, 5.41) is 11.6. The summed E-state index contributed by atoms with van der Waals surface area (Å²) in [6.07, 6.45) is 3.71. The number of nitro groups is 1. The summed E-state index contributed by atoms with van der Waals surface area (Å²) in [5.41, 5.74) is 0.974. The van der Waals surface area contributed by atoms with Gasteiger partial charge in [-0.15, -0.1) is 13.2 Å². The minimum atomic E-state index is -3.87. The normalized spacial score (nSPS) is 11.2. The Labute approximate surface area is 211 Å². The van der Waals surface area contributed by atoms with Crippen molar-refractivity contribution in [1.29, 1.82) is 0 Å². The van der Waals surface area contributed by atoms with Crippen molar-refractivity contribution in [1.82, 2.24) is 4.98 Å². The van der Waals surface area contributed by atoms with Gasteiger partial charge in [-0.25, -0.2) is 4.79 Å². The number of aromatic nitrogens is 1. The van der Waals surface area contributed by atoms with E-state index in [0.717, 1.165) is 6.42 Å². The van der Waals surface area contributed by atoms with Crippen LogP contribution in [0.5, 0.6) is 0 Å². The molecule has 36 heavy (non-hydrogen) atoms. The molecule has 0 amide bonds. The summed E-state index contributed by atoms with van der Waals surface area (Å²) < 4.78 is 22.3. The van der Waals surface area contributed by atoms with Crippen molar-refractivity contribution in [2.75, 3.05) is 33.0 Å². The molecule has 1 aromatic heterocycles. The van der Waals surface area contributed by atoms with Crippen LogP contribution in [-0.4, -0.2) is 53.8 Å². The van der Waals surface area contributed by atoms with E-state index in [0.29, 0.717) is 23.6 Å². The molecule has 0 aliphatic heterocycles. The number of nitro benzene ring substituents is 1. The molecule has 0 saturated carbocycles. The fraction of sp³-hybridized carbons (Fsp3) is 0.360. The summed E-state index contributed by atoms with van der Waals surface area (Å²) in [6.45, 7) is 13.1. The maximum Gasteiger partial charge on any atom is 0.449 e. The maximum atomic E-state index is 13.3. The van der Waals surface area contributed by atoms with Crippen LogP contribution < -0.4 is 5.30 Å². The molecule has 1 N–H and O–H groups in total. The predicted molar refractivity (Wildman–Crippen MR) is 138 cm³/mol. The van der Waals surface area contributed by atoms with Gasteiger partial charge in [-0.1, -0.05) is 31.2 Å². The Bertz CT molecular complexity index is 1090. The lowest BCUT2D eigenvalue weighted by Gasteiger charge is -2.22. The molecule has 0 atom stereocenters. The van der Waals surface area contributed by atoms with Gasteiger partial charge >= 0.3 is 13.9 Å². The van der Waals surface area contributed by atoms with Crippen molar-refractivity contribution in [3.63, 3.8) is 0 Å². The van der Waals surface area contributed by atoms with E-state index in [2.05, 4.69) is 18.1 Å². The van der Waals surface area contributed by atoms with Crippen LogP contribution in [-0.2, 0) is 18.5 Å². The van der Waals surface area contributed by atoms with Crippen molar-refractivity contribution in [3.05, 3.63) is 76.6 Å². The Morgan fingerprint density at radius 2 is 1.81 bits per heavy atom. The van der Waals surface area contributed by atoms with Crippen LogP contribution in [0.2, 0.25) is 0 Å². The molecule has 0 fully saturated rings. The first kappa shape index (κ1) is 29.2. The van der Waals surface area contributed by atoms with Crippen LogP contribution in [0.25, 0.3) is 11.1 Å². The van der Waals surface area contributed by atoms with E-state index in [4.69, 9.17) is 18.5 Å². The lowest BCUT2D eigenvalue weighted by atomic mass is 9.97. The standard InChI is InChI=1S/C25H32N2O8P/c1-6-12-32-15-16-33-25(28)22-18(4)26-19(5)24(36(31,34-13-7-2)35-14-8-3)23(22)20-10-9-11-21(17-20)27(29)30/h7-11,17,31H,2-3,6,12-16H2,1,4-5H3/q+1. The Balaban J connectivity index is 2.78. The number of rotatable bonds is 15. The number of nitrogens with zero attached hydrogens (tertiary/aromatic N) is 2. The van der Waals surface area contributed by atoms with E-state index in [9.17, 15) is 19.8 Å². The molecule has 0 unspecified atom stereocenters. The van der Waals surface area contributed by atoms with E-state index in [1.807, 2.05) is 6.92 Å². The second-order valence-corrected chi connectivity index (χ2v) is 9.63. The molecule has 0 aliphatic carbocycles. The highest BCUT2D eigenvalue weighted by Crippen LogP contribution is 2.58. The first-order valence-corrected chi connectivity index (χ1v) is 12.9. The van der Waals surface area contributed by atoms with Crippen LogP contribution in [0.4, 0.5) is 5.69 Å². The van der Waals surface area contributed by atoms with Crippen molar-refractivity contribution in [3.8, 4) is 11.1 Å². The summed E-state index contributed by atoms with van der Waals surface area (Å²) >= 11 is 0. The summed E-state index contributed by atoms with van der Waals surface area (Å²) in [5.74, 6) is -0.721. The maximum absolute atomic E-state index is 13.3. The molecule has 0 bridgehead atoms. The molecule has 10 nitrogen and oxygen atoms in total. The lowest BCUT2D eigenvalue weighted by molar-refractivity contribution is -0.384. The number of ether oxygens (including phenoxy) is 2. The van der Waals surface area contributed by atoms with Gasteiger partial charge in [0.25, 0.3) is 5.69 Å². The number of pyridine rings is 1. The van der Waals surface area contributed by atoms with Gasteiger partial charge in [0.15, 0.2) is 0 Å². The molecule has 194 valence electrons. The molecule has 0 saturated heterocycles. The average molecular weight is 520 g/mol. The zero-order chi connectivity index (χ0) is 26.7. The van der Waals surface area contributed by atoms with E-state index in [1.165, 1.54) is 30.4 Å². The van der Waals surface area contributed by atoms with E-state index >= 15 is 0 Å². The quantitative estimate of drug-likeness (QED) is 0.0893. The fourth-order valence-electron chi connectivity index (χ4n) is 3.48. The third kappa shape index (κ3) is 7.25. The first-order valence-electron chi connectivity index (χ1n) is 11.3. The van der Waals surface area contributed by atoms with Gasteiger partial charge in [0.2, 0.25) is 5.30 Å². The molecule has 1 heterocycles. The topological polar surface area (TPSA) is 130 Å². The molecule has 1 aromatic carbocycles. The number of esters is 1. The number of hydrogen-bond acceptors (Lipinski definition) is 9. The van der Waals surface area contributed by atoms with Gasteiger partial charge < -0.3 is 9.47 Å². The molecule has 2 aromatic rings. The van der Waals surface area contributed by atoms with Crippen molar-refractivity contribution >= 4 is 24.9 Å². The predicted octanol–water partition coefficient (Wildman–Crippen LogP) is 4.64. The van der Waals surface area contributed by atoms with Gasteiger partial charge in [-0.05, 0) is 25.8 Å². The molecule has 2 rings (SSSR count). The number of carbonyl (C=O) groups excluding carboxylic acids is 1. The molecule has 0 aliphatic rings. The number of aryl methyl sites for hydroxylation is 2. The SMILES string of the molecule is C=CCO[P+](O)(OCC=C)c1c(C)nc(C)c(C(=O)OCCOCCC)c1-c1cccc([N+](=O)[O-])c1. The van der Waals surface area contributed by atoms with E-state index < -0.39 is 18.8 Å². The molecular weight excluding hydrogens is 487 g/mol. The Morgan fingerprint density at radius 1 is 1.14 bits per heavy atom. The summed E-state index contributed by atoms with van der Waals surface area (Å²) in [4.78, 5) is 40.4. The van der Waals surface area contributed by atoms with Crippen molar-refractivity contribution in [2.24, 2.45) is 0 Å². The van der Waals surface area contributed by atoms with Gasteiger partial charge in [0.05, 0.1) is 34.0 Å². The highest BCUT2D eigenvalue weighted by Gasteiger charge is 2.50. The fourth-order valence-corrected chi connectivity index (χ4v) is 5.41. The number of hydrogen-bond donors (Lipinski definition) is 1. The average Bonchev–Trinajstić information content (AvgIpc) is 2.85. The lowest BCUT2D eigenvalue weighted by Crippen LogP contribution is -2.27. The van der Waals surface area contributed by atoms with Gasteiger partial charge in [-0.2, -0.15) is 13.9 Å². The Morgan fingerprint density at radius 3 is 2.39 bits per heavy atom. The first-order chi connectivity index (χ1) is 17.2. The third-order valence-electron chi connectivity index (χ3n) is 4.90. The summed E-state index contributed by atoms with van der Waals surface area (Å²) in [6, 6.07) is 5.72. The highest BCUT2D eigenvalue weighted by atomic mass is 31.2. The second kappa shape index (κ2) is 13.9. The van der Waals surface area contributed by atoms with Gasteiger partial charge in [0.1, 0.15) is 19.8 Å². The van der Waals surface area contributed by atoms with Crippen LogP contribution in [0.15, 0.2) is 49.6 Å². The van der Waals surface area contributed by atoms with Crippen LogP contribution in [0.1, 0.15) is 35.1 Å². The number of benzene rings is 1. The molecule has 11 heteroatoms. The third-order valence-corrected chi connectivity index (χ3v) is 7.01. The van der Waals surface area contributed by atoms with Gasteiger partial charge in [0, 0.05) is 18.7 Å². The Hall–Kier alpha value is -3.01. The smallest absolute Gasteiger partial charge is 0.449 e. The number of non-ortho nitro benzene ring substituents is 1. The number of carbonyl (C=O) groups is 1. The zero-order valence-corrected chi connectivity index (χ0v) is 21.7. The van der Waals surface area contributed by atoms with Crippen LogP contribution in [0, 0.1) is 24.0 Å². The minimum Gasteiger partial charge on any atom is -0.460 e.